The molecular formula is C16H29N3. The molecule has 1 aliphatic heterocycles. The van der Waals surface area contributed by atoms with E-state index >= 15 is 0 Å². The van der Waals surface area contributed by atoms with Crippen LogP contribution in [-0.4, -0.2) is 36.7 Å². The Morgan fingerprint density at radius 3 is 2.26 bits per heavy atom. The van der Waals surface area contributed by atoms with Crippen molar-refractivity contribution < 1.29 is 0 Å². The third-order valence-electron chi connectivity index (χ3n) is 5.52. The smallest absolute Gasteiger partial charge is 0.0571 e. The van der Waals surface area contributed by atoms with Crippen LogP contribution in [-0.2, 0) is 0 Å². The van der Waals surface area contributed by atoms with Crippen molar-refractivity contribution in [3.63, 3.8) is 0 Å². The van der Waals surface area contributed by atoms with Crippen LogP contribution >= 0.6 is 0 Å². The Balaban J connectivity index is 2.26. The van der Waals surface area contributed by atoms with Crippen LogP contribution < -0.4 is 10.7 Å². The fourth-order valence-corrected chi connectivity index (χ4v) is 3.33. The first kappa shape index (κ1) is 14.8. The molecule has 0 bridgehead atoms. The molecule has 19 heavy (non-hydrogen) atoms. The van der Waals surface area contributed by atoms with E-state index in [4.69, 9.17) is 0 Å². The number of hydrogen-bond acceptors (Lipinski definition) is 3. The van der Waals surface area contributed by atoms with E-state index in [0.717, 1.165) is 26.2 Å². The van der Waals surface area contributed by atoms with Gasteiger partial charge in [-0.05, 0) is 51.3 Å². The van der Waals surface area contributed by atoms with E-state index in [2.05, 4.69) is 57.3 Å². The average Bonchev–Trinajstić information content (AvgIpc) is 2.43. The Bertz CT molecular complexity index is 416. The lowest BCUT2D eigenvalue weighted by molar-refractivity contribution is 0.0902. The molecule has 2 rings (SSSR count). The van der Waals surface area contributed by atoms with E-state index in [1.54, 1.807) is 0 Å². The second-order valence-corrected chi connectivity index (χ2v) is 6.33. The summed E-state index contributed by atoms with van der Waals surface area (Å²) < 4.78 is 0. The van der Waals surface area contributed by atoms with Crippen molar-refractivity contribution >= 4 is 0 Å². The molecule has 1 fully saturated rings. The van der Waals surface area contributed by atoms with Gasteiger partial charge in [0.1, 0.15) is 0 Å². The molecule has 1 heterocycles. The minimum atomic E-state index is 0.0466. The lowest BCUT2D eigenvalue weighted by Gasteiger charge is -2.47. The number of hydrogen-bond donors (Lipinski definition) is 2. The number of piperazine rings is 1. The number of allylic oxidation sites excluding steroid dienone is 2. The van der Waals surface area contributed by atoms with Gasteiger partial charge in [-0.2, -0.15) is 0 Å². The summed E-state index contributed by atoms with van der Waals surface area (Å²) in [7, 11) is 0. The van der Waals surface area contributed by atoms with Gasteiger partial charge in [0.2, 0.25) is 0 Å². The molecule has 3 heteroatoms. The zero-order valence-corrected chi connectivity index (χ0v) is 13.4. The van der Waals surface area contributed by atoms with E-state index in [-0.39, 0.29) is 5.54 Å². The van der Waals surface area contributed by atoms with E-state index in [9.17, 15) is 0 Å². The third-order valence-corrected chi connectivity index (χ3v) is 5.52. The van der Waals surface area contributed by atoms with Crippen LogP contribution in [0.25, 0.3) is 0 Å². The Hall–Kier alpha value is -0.640. The topological polar surface area (TPSA) is 27.3 Å². The zero-order valence-electron chi connectivity index (χ0n) is 13.4. The second-order valence-electron chi connectivity index (χ2n) is 6.33. The maximum atomic E-state index is 3.82. The maximum Gasteiger partial charge on any atom is 0.0571 e. The zero-order chi connectivity index (χ0) is 14.2. The molecule has 108 valence electrons. The highest BCUT2D eigenvalue weighted by Gasteiger charge is 2.39. The van der Waals surface area contributed by atoms with Gasteiger partial charge in [0, 0.05) is 32.1 Å². The van der Waals surface area contributed by atoms with Gasteiger partial charge >= 0.3 is 0 Å². The number of nitrogens with zero attached hydrogens (tertiary/aromatic N) is 1. The van der Waals surface area contributed by atoms with E-state index in [0.29, 0.717) is 5.92 Å². The molecule has 2 atom stereocenters. The van der Waals surface area contributed by atoms with Crippen molar-refractivity contribution in [3.8, 4) is 0 Å². The van der Waals surface area contributed by atoms with Crippen molar-refractivity contribution in [1.29, 1.82) is 0 Å². The minimum Gasteiger partial charge on any atom is -0.314 e. The molecule has 1 aliphatic carbocycles. The number of nitrogens with one attached hydrogen (secondary N) is 2. The summed E-state index contributed by atoms with van der Waals surface area (Å²) in [6.45, 7) is 18.1. The quantitative estimate of drug-likeness (QED) is 0.801. The van der Waals surface area contributed by atoms with Crippen molar-refractivity contribution in [2.24, 2.45) is 5.92 Å². The lowest BCUT2D eigenvalue weighted by Crippen LogP contribution is -2.61. The molecule has 0 spiro atoms. The van der Waals surface area contributed by atoms with Gasteiger partial charge in [-0.25, -0.2) is 10.4 Å². The summed E-state index contributed by atoms with van der Waals surface area (Å²) in [5, 5.41) is 5.80. The van der Waals surface area contributed by atoms with Crippen LogP contribution in [0.2, 0.25) is 0 Å². The number of hydrazine groups is 1. The Morgan fingerprint density at radius 1 is 1.11 bits per heavy atom. The van der Waals surface area contributed by atoms with Crippen LogP contribution in [0.3, 0.4) is 0 Å². The molecule has 0 radical (unpaired) electrons. The molecule has 1 saturated heterocycles. The van der Waals surface area contributed by atoms with Crippen LogP contribution in [0.15, 0.2) is 22.3 Å². The van der Waals surface area contributed by atoms with Crippen LogP contribution in [0.4, 0.5) is 0 Å². The SMILES string of the molecule is CC1=C(C)C(C)C(C)(NN2CCNCC2)C(C)=C1C. The predicted molar refractivity (Wildman–Crippen MR) is 81.9 cm³/mol. The highest BCUT2D eigenvalue weighted by molar-refractivity contribution is 5.46. The normalized spacial score (nSPS) is 34.1. The van der Waals surface area contributed by atoms with Gasteiger partial charge in [0.15, 0.2) is 0 Å². The number of rotatable bonds is 2. The monoisotopic (exact) mass is 263 g/mol. The van der Waals surface area contributed by atoms with E-state index < -0.39 is 0 Å². The lowest BCUT2D eigenvalue weighted by atomic mass is 9.69. The fourth-order valence-electron chi connectivity index (χ4n) is 3.33. The van der Waals surface area contributed by atoms with Gasteiger partial charge in [0.25, 0.3) is 0 Å². The first-order valence-corrected chi connectivity index (χ1v) is 7.47. The van der Waals surface area contributed by atoms with Crippen LogP contribution in [0.5, 0.6) is 0 Å². The Morgan fingerprint density at radius 2 is 1.68 bits per heavy atom. The van der Waals surface area contributed by atoms with E-state index in [1.165, 1.54) is 22.3 Å². The largest absolute Gasteiger partial charge is 0.314 e. The third kappa shape index (κ3) is 2.51. The molecule has 2 aliphatic rings. The standard InChI is InChI=1S/C16H29N3/c1-11-12(2)14(4)16(6,15(5)13(11)3)18-19-9-7-17-8-10-19/h14,17-18H,7-10H2,1-6H3. The Kier molecular flexibility index (Phi) is 4.19. The van der Waals surface area contributed by atoms with Crippen LogP contribution in [0.1, 0.15) is 41.5 Å². The molecule has 0 aromatic heterocycles. The van der Waals surface area contributed by atoms with Crippen molar-refractivity contribution in [3.05, 3.63) is 22.3 Å². The summed E-state index contributed by atoms with van der Waals surface area (Å²) in [6, 6.07) is 0. The molecule has 2 unspecified atom stereocenters. The highest BCUT2D eigenvalue weighted by atomic mass is 15.5. The molecule has 0 aromatic carbocycles. The molecule has 0 saturated carbocycles. The molecule has 3 nitrogen and oxygen atoms in total. The fraction of sp³-hybridized carbons (Fsp3) is 0.750. The van der Waals surface area contributed by atoms with Gasteiger partial charge < -0.3 is 5.32 Å². The summed E-state index contributed by atoms with van der Waals surface area (Å²) in [5.41, 5.74) is 9.81. The first-order chi connectivity index (χ1) is 8.88. The van der Waals surface area contributed by atoms with Gasteiger partial charge in [-0.1, -0.05) is 12.5 Å². The second kappa shape index (κ2) is 5.39. The summed E-state index contributed by atoms with van der Waals surface area (Å²) in [5.74, 6) is 0.533. The van der Waals surface area contributed by atoms with Gasteiger partial charge in [-0.15, -0.1) is 0 Å². The first-order valence-electron chi connectivity index (χ1n) is 7.47. The van der Waals surface area contributed by atoms with Crippen molar-refractivity contribution in [2.45, 2.75) is 47.1 Å². The van der Waals surface area contributed by atoms with Gasteiger partial charge in [0.05, 0.1) is 5.54 Å². The maximum absolute atomic E-state index is 3.82. The van der Waals surface area contributed by atoms with Crippen LogP contribution in [0, 0.1) is 5.92 Å². The summed E-state index contributed by atoms with van der Waals surface area (Å²) >= 11 is 0. The van der Waals surface area contributed by atoms with E-state index in [1.807, 2.05) is 0 Å². The van der Waals surface area contributed by atoms with Crippen molar-refractivity contribution in [1.82, 2.24) is 15.8 Å². The predicted octanol–water partition coefficient (Wildman–Crippen LogP) is 2.48. The van der Waals surface area contributed by atoms with Gasteiger partial charge in [-0.3, -0.25) is 0 Å². The summed E-state index contributed by atoms with van der Waals surface area (Å²) in [6.07, 6.45) is 0. The van der Waals surface area contributed by atoms with Crippen molar-refractivity contribution in [2.75, 3.05) is 26.2 Å². The summed E-state index contributed by atoms with van der Waals surface area (Å²) in [4.78, 5) is 0. The Labute approximate surface area is 118 Å². The molecule has 2 N–H and O–H groups in total. The molecule has 0 aromatic rings. The average molecular weight is 263 g/mol. The minimum absolute atomic E-state index is 0.0466. The molecular weight excluding hydrogens is 234 g/mol. The molecule has 0 amide bonds. The highest BCUT2D eigenvalue weighted by Crippen LogP contribution is 2.41.